The minimum Gasteiger partial charge on any atom is -0.489 e. The summed E-state index contributed by atoms with van der Waals surface area (Å²) in [6, 6.07) is 9.21. The number of aldehydes is 1. The third-order valence-electron chi connectivity index (χ3n) is 2.45. The summed E-state index contributed by atoms with van der Waals surface area (Å²) in [4.78, 5) is 14.6. The van der Waals surface area contributed by atoms with Gasteiger partial charge in [0.05, 0.1) is 0 Å². The molecule has 0 fully saturated rings. The Morgan fingerprint density at radius 1 is 1.35 bits per heavy atom. The molecule has 0 bridgehead atoms. The Kier molecular flexibility index (Phi) is 3.50. The van der Waals surface area contributed by atoms with Crippen molar-refractivity contribution >= 4 is 6.29 Å². The monoisotopic (exact) mass is 227 g/mol. The molecular formula is C14H13NO2. The SMILES string of the molecule is Cc1cc(C=O)ccc1OCc1cccnc1. The first-order valence-electron chi connectivity index (χ1n) is 5.37. The first-order valence-corrected chi connectivity index (χ1v) is 5.37. The summed E-state index contributed by atoms with van der Waals surface area (Å²) in [5.41, 5.74) is 2.64. The van der Waals surface area contributed by atoms with Gasteiger partial charge in [-0.15, -0.1) is 0 Å². The Hall–Kier alpha value is -2.16. The normalized spacial score (nSPS) is 9.94. The van der Waals surface area contributed by atoms with Gasteiger partial charge in [-0.1, -0.05) is 6.07 Å². The van der Waals surface area contributed by atoms with Crippen LogP contribution in [0.15, 0.2) is 42.7 Å². The van der Waals surface area contributed by atoms with Crippen molar-refractivity contribution in [3.05, 3.63) is 59.4 Å². The maximum atomic E-state index is 10.6. The zero-order valence-electron chi connectivity index (χ0n) is 9.59. The van der Waals surface area contributed by atoms with Gasteiger partial charge in [0.15, 0.2) is 0 Å². The molecule has 0 atom stereocenters. The molecule has 86 valence electrons. The fourth-order valence-corrected chi connectivity index (χ4v) is 1.55. The highest BCUT2D eigenvalue weighted by Gasteiger charge is 2.01. The molecule has 0 radical (unpaired) electrons. The van der Waals surface area contributed by atoms with Gasteiger partial charge in [0.2, 0.25) is 0 Å². The van der Waals surface area contributed by atoms with Crippen LogP contribution >= 0.6 is 0 Å². The summed E-state index contributed by atoms with van der Waals surface area (Å²) in [5.74, 6) is 0.791. The number of carbonyl (C=O) groups excluding carboxylic acids is 1. The largest absolute Gasteiger partial charge is 0.489 e. The van der Waals surface area contributed by atoms with Crippen LogP contribution in [0.25, 0.3) is 0 Å². The highest BCUT2D eigenvalue weighted by atomic mass is 16.5. The second-order valence-electron chi connectivity index (χ2n) is 3.79. The molecule has 2 rings (SSSR count). The number of aryl methyl sites for hydroxylation is 1. The maximum Gasteiger partial charge on any atom is 0.150 e. The maximum absolute atomic E-state index is 10.6. The van der Waals surface area contributed by atoms with Gasteiger partial charge in [-0.05, 0) is 36.8 Å². The summed E-state index contributed by atoms with van der Waals surface area (Å²) >= 11 is 0. The van der Waals surface area contributed by atoms with Crippen molar-refractivity contribution in [2.24, 2.45) is 0 Å². The number of hydrogen-bond donors (Lipinski definition) is 0. The summed E-state index contributed by atoms with van der Waals surface area (Å²) in [6.45, 7) is 2.40. The fourth-order valence-electron chi connectivity index (χ4n) is 1.55. The molecule has 1 aromatic heterocycles. The van der Waals surface area contributed by atoms with E-state index in [2.05, 4.69) is 4.98 Å². The summed E-state index contributed by atoms with van der Waals surface area (Å²) in [6.07, 6.45) is 4.33. The molecule has 0 aliphatic carbocycles. The second-order valence-corrected chi connectivity index (χ2v) is 3.79. The van der Waals surface area contributed by atoms with E-state index in [1.165, 1.54) is 0 Å². The molecule has 3 nitrogen and oxygen atoms in total. The number of hydrogen-bond acceptors (Lipinski definition) is 3. The lowest BCUT2D eigenvalue weighted by atomic mass is 10.1. The van der Waals surface area contributed by atoms with E-state index in [0.29, 0.717) is 12.2 Å². The van der Waals surface area contributed by atoms with Crippen LogP contribution in [0.5, 0.6) is 5.75 Å². The average Bonchev–Trinajstić information content (AvgIpc) is 2.38. The minimum absolute atomic E-state index is 0.481. The quantitative estimate of drug-likeness (QED) is 0.754. The van der Waals surface area contributed by atoms with Crippen LogP contribution in [0.3, 0.4) is 0 Å². The van der Waals surface area contributed by atoms with Crippen LogP contribution in [0.4, 0.5) is 0 Å². The second kappa shape index (κ2) is 5.25. The zero-order valence-corrected chi connectivity index (χ0v) is 9.59. The molecule has 0 aliphatic heterocycles. The van der Waals surface area contributed by atoms with E-state index in [1.54, 1.807) is 18.5 Å². The van der Waals surface area contributed by atoms with Crippen LogP contribution < -0.4 is 4.74 Å². The lowest BCUT2D eigenvalue weighted by Gasteiger charge is -2.09. The van der Waals surface area contributed by atoms with Crippen LogP contribution in [-0.4, -0.2) is 11.3 Å². The number of carbonyl (C=O) groups is 1. The highest BCUT2D eigenvalue weighted by molar-refractivity contribution is 5.75. The number of pyridine rings is 1. The van der Waals surface area contributed by atoms with Crippen molar-refractivity contribution in [2.45, 2.75) is 13.5 Å². The Morgan fingerprint density at radius 2 is 2.24 bits per heavy atom. The number of ether oxygens (including phenoxy) is 1. The van der Waals surface area contributed by atoms with E-state index in [0.717, 1.165) is 23.2 Å². The first-order chi connectivity index (χ1) is 8.29. The molecule has 0 aliphatic rings. The molecule has 1 aromatic carbocycles. The lowest BCUT2D eigenvalue weighted by molar-refractivity contribution is 0.112. The molecule has 1 heterocycles. The van der Waals surface area contributed by atoms with Gasteiger partial charge in [0, 0.05) is 23.5 Å². The van der Waals surface area contributed by atoms with E-state index < -0.39 is 0 Å². The number of nitrogens with zero attached hydrogens (tertiary/aromatic N) is 1. The zero-order chi connectivity index (χ0) is 12.1. The van der Waals surface area contributed by atoms with Gasteiger partial charge < -0.3 is 4.74 Å². The van der Waals surface area contributed by atoms with Gasteiger partial charge >= 0.3 is 0 Å². The molecule has 2 aromatic rings. The van der Waals surface area contributed by atoms with Crippen molar-refractivity contribution in [3.8, 4) is 5.75 Å². The first kappa shape index (κ1) is 11.3. The van der Waals surface area contributed by atoms with Gasteiger partial charge in [-0.2, -0.15) is 0 Å². The van der Waals surface area contributed by atoms with Crippen molar-refractivity contribution in [1.82, 2.24) is 4.98 Å². The molecule has 3 heteroatoms. The molecule has 0 saturated heterocycles. The third kappa shape index (κ3) is 2.91. The van der Waals surface area contributed by atoms with Crippen LogP contribution in [0.1, 0.15) is 21.5 Å². The molecule has 0 unspecified atom stereocenters. The summed E-state index contributed by atoms with van der Waals surface area (Å²) in [7, 11) is 0. The highest BCUT2D eigenvalue weighted by Crippen LogP contribution is 2.19. The van der Waals surface area contributed by atoms with Crippen LogP contribution in [0.2, 0.25) is 0 Å². The number of aromatic nitrogens is 1. The van der Waals surface area contributed by atoms with E-state index in [4.69, 9.17) is 4.74 Å². The van der Waals surface area contributed by atoms with Gasteiger partial charge in [-0.25, -0.2) is 0 Å². The lowest BCUT2D eigenvalue weighted by Crippen LogP contribution is -1.97. The molecule has 0 N–H and O–H groups in total. The Labute approximate surface area is 100 Å². The van der Waals surface area contributed by atoms with Crippen molar-refractivity contribution < 1.29 is 9.53 Å². The predicted octanol–water partition coefficient (Wildman–Crippen LogP) is 2.78. The Balaban J connectivity index is 2.07. The Bertz CT molecular complexity index is 509. The summed E-state index contributed by atoms with van der Waals surface area (Å²) < 4.78 is 5.67. The van der Waals surface area contributed by atoms with E-state index in [-0.39, 0.29) is 0 Å². The van der Waals surface area contributed by atoms with Crippen LogP contribution in [-0.2, 0) is 6.61 Å². The molecule has 17 heavy (non-hydrogen) atoms. The van der Waals surface area contributed by atoms with Gasteiger partial charge in [0.25, 0.3) is 0 Å². The van der Waals surface area contributed by atoms with Crippen molar-refractivity contribution in [3.63, 3.8) is 0 Å². The molecule has 0 spiro atoms. The smallest absolute Gasteiger partial charge is 0.150 e. The van der Waals surface area contributed by atoms with E-state index >= 15 is 0 Å². The molecular weight excluding hydrogens is 214 g/mol. The van der Waals surface area contributed by atoms with Crippen LogP contribution in [0, 0.1) is 6.92 Å². The molecule has 0 saturated carbocycles. The predicted molar refractivity (Wildman–Crippen MR) is 65.1 cm³/mol. The van der Waals surface area contributed by atoms with Gasteiger partial charge in [-0.3, -0.25) is 9.78 Å². The van der Waals surface area contributed by atoms with Crippen molar-refractivity contribution in [2.75, 3.05) is 0 Å². The Morgan fingerprint density at radius 3 is 2.88 bits per heavy atom. The standard InChI is InChI=1S/C14H13NO2/c1-11-7-12(9-16)4-5-14(11)17-10-13-3-2-6-15-8-13/h2-9H,10H2,1H3. The third-order valence-corrected chi connectivity index (χ3v) is 2.45. The van der Waals surface area contributed by atoms with E-state index in [1.807, 2.05) is 31.2 Å². The minimum atomic E-state index is 0.481. The molecule has 0 amide bonds. The van der Waals surface area contributed by atoms with E-state index in [9.17, 15) is 4.79 Å². The number of benzene rings is 1. The van der Waals surface area contributed by atoms with Gasteiger partial charge in [0.1, 0.15) is 18.6 Å². The average molecular weight is 227 g/mol. The summed E-state index contributed by atoms with van der Waals surface area (Å²) in [5, 5.41) is 0. The number of rotatable bonds is 4. The fraction of sp³-hybridized carbons (Fsp3) is 0.143. The topological polar surface area (TPSA) is 39.2 Å². The van der Waals surface area contributed by atoms with Crippen molar-refractivity contribution in [1.29, 1.82) is 0 Å².